The van der Waals surface area contributed by atoms with Crippen LogP contribution in [0.2, 0.25) is 0 Å². The van der Waals surface area contributed by atoms with E-state index in [0.717, 1.165) is 12.6 Å². The summed E-state index contributed by atoms with van der Waals surface area (Å²) in [6.45, 7) is 8.28. The lowest BCUT2D eigenvalue weighted by molar-refractivity contribution is 0.145. The van der Waals surface area contributed by atoms with Gasteiger partial charge in [0, 0.05) is 19.1 Å². The highest BCUT2D eigenvalue weighted by molar-refractivity contribution is 4.76. The first-order valence-corrected chi connectivity index (χ1v) is 6.83. The molecule has 0 amide bonds. The summed E-state index contributed by atoms with van der Waals surface area (Å²) in [5.41, 5.74) is 0. The van der Waals surface area contributed by atoms with Gasteiger partial charge in [-0.15, -0.1) is 0 Å². The fourth-order valence-electron chi connectivity index (χ4n) is 2.30. The van der Waals surface area contributed by atoms with Gasteiger partial charge in [0.25, 0.3) is 0 Å². The van der Waals surface area contributed by atoms with Gasteiger partial charge in [-0.25, -0.2) is 0 Å². The third kappa shape index (κ3) is 5.28. The summed E-state index contributed by atoms with van der Waals surface area (Å²) < 4.78 is 0. The van der Waals surface area contributed by atoms with E-state index in [2.05, 4.69) is 36.1 Å². The molecule has 0 aliphatic carbocycles. The van der Waals surface area contributed by atoms with E-state index in [4.69, 9.17) is 0 Å². The summed E-state index contributed by atoms with van der Waals surface area (Å²) >= 11 is 0. The Balaban J connectivity index is 2.03. The van der Waals surface area contributed by atoms with Crippen LogP contribution in [0, 0.1) is 0 Å². The van der Waals surface area contributed by atoms with Crippen molar-refractivity contribution in [3.63, 3.8) is 0 Å². The minimum absolute atomic E-state index is 0.809. The molecular weight excluding hydrogens is 198 g/mol. The molecule has 0 unspecified atom stereocenters. The molecule has 0 bridgehead atoms. The molecule has 1 N–H and O–H groups in total. The van der Waals surface area contributed by atoms with E-state index in [1.54, 1.807) is 0 Å². The van der Waals surface area contributed by atoms with E-state index in [0.29, 0.717) is 0 Å². The number of piperidine rings is 1. The Labute approximate surface area is 101 Å². The van der Waals surface area contributed by atoms with Crippen molar-refractivity contribution in [2.75, 3.05) is 46.8 Å². The molecular formula is C13H29N3. The van der Waals surface area contributed by atoms with Crippen LogP contribution in [0.5, 0.6) is 0 Å². The smallest absolute Gasteiger partial charge is 0.0117 e. The molecule has 16 heavy (non-hydrogen) atoms. The second kappa shape index (κ2) is 8.04. The zero-order valence-electron chi connectivity index (χ0n) is 11.3. The summed E-state index contributed by atoms with van der Waals surface area (Å²) in [5, 5.41) is 3.51. The van der Waals surface area contributed by atoms with Crippen molar-refractivity contribution >= 4 is 0 Å². The first-order valence-electron chi connectivity index (χ1n) is 6.83. The fraction of sp³-hybridized carbons (Fsp3) is 1.00. The van der Waals surface area contributed by atoms with Crippen molar-refractivity contribution in [2.24, 2.45) is 0 Å². The zero-order valence-corrected chi connectivity index (χ0v) is 11.3. The Morgan fingerprint density at radius 1 is 1.25 bits per heavy atom. The van der Waals surface area contributed by atoms with Gasteiger partial charge >= 0.3 is 0 Å². The van der Waals surface area contributed by atoms with Gasteiger partial charge in [-0.1, -0.05) is 13.3 Å². The topological polar surface area (TPSA) is 18.5 Å². The van der Waals surface area contributed by atoms with Crippen molar-refractivity contribution < 1.29 is 0 Å². The van der Waals surface area contributed by atoms with Gasteiger partial charge < -0.3 is 15.1 Å². The van der Waals surface area contributed by atoms with Crippen LogP contribution in [0.15, 0.2) is 0 Å². The molecule has 1 rings (SSSR count). The molecule has 0 saturated carbocycles. The van der Waals surface area contributed by atoms with Crippen LogP contribution in [-0.2, 0) is 0 Å². The Morgan fingerprint density at radius 2 is 1.94 bits per heavy atom. The van der Waals surface area contributed by atoms with Crippen LogP contribution in [-0.4, -0.2) is 62.7 Å². The average Bonchev–Trinajstić information content (AvgIpc) is 2.29. The summed E-state index contributed by atoms with van der Waals surface area (Å²) in [7, 11) is 4.50. The largest absolute Gasteiger partial charge is 0.315 e. The highest BCUT2D eigenvalue weighted by Crippen LogP contribution is 2.13. The number of likely N-dealkylation sites (N-methyl/N-ethyl adjacent to an activating group) is 1. The maximum Gasteiger partial charge on any atom is 0.0117 e. The molecule has 96 valence electrons. The highest BCUT2D eigenvalue weighted by Gasteiger charge is 2.19. The molecule has 0 aromatic rings. The fourth-order valence-corrected chi connectivity index (χ4v) is 2.30. The van der Waals surface area contributed by atoms with Crippen LogP contribution >= 0.6 is 0 Å². The van der Waals surface area contributed by atoms with Gasteiger partial charge in [-0.2, -0.15) is 0 Å². The Hall–Kier alpha value is -0.120. The van der Waals surface area contributed by atoms with Crippen LogP contribution in [0.25, 0.3) is 0 Å². The van der Waals surface area contributed by atoms with Gasteiger partial charge in [-0.3, -0.25) is 0 Å². The predicted molar refractivity (Wildman–Crippen MR) is 70.9 cm³/mol. The number of unbranched alkanes of at least 4 members (excludes halogenated alkanes) is 1. The summed E-state index contributed by atoms with van der Waals surface area (Å²) in [6.07, 6.45) is 5.26. The second-order valence-corrected chi connectivity index (χ2v) is 5.12. The molecule has 0 spiro atoms. The van der Waals surface area contributed by atoms with Crippen molar-refractivity contribution in [3.05, 3.63) is 0 Å². The minimum atomic E-state index is 0.809. The molecule has 1 aliphatic rings. The van der Waals surface area contributed by atoms with Crippen molar-refractivity contribution in [1.82, 2.24) is 15.1 Å². The second-order valence-electron chi connectivity index (χ2n) is 5.12. The van der Waals surface area contributed by atoms with E-state index in [-0.39, 0.29) is 0 Å². The van der Waals surface area contributed by atoms with Crippen molar-refractivity contribution in [1.29, 1.82) is 0 Å². The lowest BCUT2D eigenvalue weighted by atomic mass is 10.0. The van der Waals surface area contributed by atoms with E-state index in [1.165, 1.54) is 51.9 Å². The standard InChI is InChI=1S/C13H29N3/c1-4-5-8-14-9-12-16(3)13-6-10-15(2)11-7-13/h13-14H,4-12H2,1-3H3. The van der Waals surface area contributed by atoms with Crippen molar-refractivity contribution in [3.8, 4) is 0 Å². The van der Waals surface area contributed by atoms with Gasteiger partial charge in [0.2, 0.25) is 0 Å². The molecule has 0 aromatic carbocycles. The SMILES string of the molecule is CCCCNCCN(C)C1CCN(C)CC1. The lowest BCUT2D eigenvalue weighted by Gasteiger charge is -2.35. The molecule has 1 heterocycles. The third-order valence-electron chi connectivity index (χ3n) is 3.66. The first-order chi connectivity index (χ1) is 7.74. The molecule has 0 aromatic heterocycles. The average molecular weight is 227 g/mol. The Morgan fingerprint density at radius 3 is 2.56 bits per heavy atom. The van der Waals surface area contributed by atoms with Gasteiger partial charge in [0.05, 0.1) is 0 Å². The number of rotatable bonds is 7. The molecule has 1 fully saturated rings. The maximum absolute atomic E-state index is 3.51. The number of likely N-dealkylation sites (tertiary alicyclic amines) is 1. The Kier molecular flexibility index (Phi) is 7.01. The molecule has 1 aliphatic heterocycles. The third-order valence-corrected chi connectivity index (χ3v) is 3.66. The molecule has 0 radical (unpaired) electrons. The highest BCUT2D eigenvalue weighted by atomic mass is 15.2. The van der Waals surface area contributed by atoms with E-state index in [1.807, 2.05) is 0 Å². The number of nitrogens with zero attached hydrogens (tertiary/aromatic N) is 2. The molecule has 3 nitrogen and oxygen atoms in total. The van der Waals surface area contributed by atoms with E-state index in [9.17, 15) is 0 Å². The van der Waals surface area contributed by atoms with Crippen LogP contribution in [0.3, 0.4) is 0 Å². The number of nitrogens with one attached hydrogen (secondary N) is 1. The maximum atomic E-state index is 3.51. The lowest BCUT2D eigenvalue weighted by Crippen LogP contribution is -2.44. The summed E-state index contributed by atoms with van der Waals surface area (Å²) in [5.74, 6) is 0. The van der Waals surface area contributed by atoms with Crippen LogP contribution in [0.4, 0.5) is 0 Å². The quantitative estimate of drug-likeness (QED) is 0.663. The van der Waals surface area contributed by atoms with Gasteiger partial charge in [0.1, 0.15) is 0 Å². The van der Waals surface area contributed by atoms with Crippen LogP contribution < -0.4 is 5.32 Å². The van der Waals surface area contributed by atoms with Gasteiger partial charge in [-0.05, 0) is 53.0 Å². The predicted octanol–water partition coefficient (Wildman–Crippen LogP) is 1.40. The minimum Gasteiger partial charge on any atom is -0.315 e. The molecule has 3 heteroatoms. The van der Waals surface area contributed by atoms with E-state index >= 15 is 0 Å². The number of hydrogen-bond donors (Lipinski definition) is 1. The Bertz CT molecular complexity index is 165. The van der Waals surface area contributed by atoms with E-state index < -0.39 is 0 Å². The normalized spacial score (nSPS) is 19.5. The summed E-state index contributed by atoms with van der Waals surface area (Å²) in [4.78, 5) is 4.97. The zero-order chi connectivity index (χ0) is 11.8. The monoisotopic (exact) mass is 227 g/mol. The first kappa shape index (κ1) is 13.9. The van der Waals surface area contributed by atoms with Crippen LogP contribution in [0.1, 0.15) is 32.6 Å². The van der Waals surface area contributed by atoms with Crippen molar-refractivity contribution in [2.45, 2.75) is 38.6 Å². The van der Waals surface area contributed by atoms with Gasteiger partial charge in [0.15, 0.2) is 0 Å². The number of hydrogen-bond acceptors (Lipinski definition) is 3. The molecule has 1 saturated heterocycles. The summed E-state index contributed by atoms with van der Waals surface area (Å²) in [6, 6.07) is 0.809. The molecule has 0 atom stereocenters.